The van der Waals surface area contributed by atoms with Gasteiger partial charge in [0.1, 0.15) is 21.8 Å². The lowest BCUT2D eigenvalue weighted by atomic mass is 10.1. The molecule has 0 aliphatic carbocycles. The molecule has 1 heterocycles. The molecule has 0 fully saturated rings. The highest BCUT2D eigenvalue weighted by Gasteiger charge is 2.19. The molecule has 4 aromatic rings. The Morgan fingerprint density at radius 2 is 1.86 bits per heavy atom. The number of phenols is 1. The second-order valence-corrected chi connectivity index (χ2v) is 9.06. The van der Waals surface area contributed by atoms with Crippen molar-refractivity contribution in [2.45, 2.75) is 6.92 Å². The molecule has 1 amide bonds. The number of aromatic nitrogens is 1. The monoisotopic (exact) mass is 501 g/mol. The highest BCUT2D eigenvalue weighted by Crippen LogP contribution is 2.37. The molecule has 0 atom stereocenters. The summed E-state index contributed by atoms with van der Waals surface area (Å²) < 4.78 is 5.16. The normalized spacial score (nSPS) is 11.1. The van der Waals surface area contributed by atoms with Crippen LogP contribution in [0, 0.1) is 18.3 Å². The standard InChI is InChI=1S/C27H20ClN3O3S/c1-16-3-6-18(7-4-16)24-27(31-25(33)19-8-10-21(28)11-9-19)35-26(30-24)20(15-29)13-17-5-12-22(32)23(14-17)34-2/h3-14,32H,1-2H3,(H,31,33). The lowest BCUT2D eigenvalue weighted by Crippen LogP contribution is -2.11. The van der Waals surface area contributed by atoms with Crippen LogP contribution in [-0.2, 0) is 0 Å². The Bertz CT molecular complexity index is 1450. The molecule has 0 spiro atoms. The maximum atomic E-state index is 12.9. The van der Waals surface area contributed by atoms with E-state index in [9.17, 15) is 15.2 Å². The van der Waals surface area contributed by atoms with Crippen molar-refractivity contribution in [1.82, 2.24) is 4.98 Å². The molecule has 1 aromatic heterocycles. The van der Waals surface area contributed by atoms with Crippen LogP contribution in [0.3, 0.4) is 0 Å². The van der Waals surface area contributed by atoms with Crippen molar-refractivity contribution in [2.75, 3.05) is 12.4 Å². The van der Waals surface area contributed by atoms with E-state index in [1.54, 1.807) is 42.5 Å². The fourth-order valence-corrected chi connectivity index (χ4v) is 4.37. The summed E-state index contributed by atoms with van der Waals surface area (Å²) in [7, 11) is 1.46. The number of phenolic OH excluding ortho intramolecular Hbond substituents is 1. The molecule has 0 aliphatic heterocycles. The number of nitriles is 1. The van der Waals surface area contributed by atoms with Crippen LogP contribution >= 0.6 is 22.9 Å². The summed E-state index contributed by atoms with van der Waals surface area (Å²) in [4.78, 5) is 17.6. The van der Waals surface area contributed by atoms with Gasteiger partial charge in [-0.05, 0) is 55.0 Å². The van der Waals surface area contributed by atoms with Crippen molar-refractivity contribution in [3.05, 3.63) is 93.5 Å². The third-order valence-corrected chi connectivity index (χ3v) is 6.41. The second-order valence-electron chi connectivity index (χ2n) is 7.62. The van der Waals surface area contributed by atoms with Gasteiger partial charge in [-0.25, -0.2) is 4.98 Å². The lowest BCUT2D eigenvalue weighted by molar-refractivity contribution is 0.102. The largest absolute Gasteiger partial charge is 0.504 e. The third kappa shape index (κ3) is 5.52. The van der Waals surface area contributed by atoms with E-state index < -0.39 is 0 Å². The number of benzene rings is 3. The summed E-state index contributed by atoms with van der Waals surface area (Å²) in [6.07, 6.45) is 1.66. The van der Waals surface area contributed by atoms with E-state index in [2.05, 4.69) is 11.4 Å². The number of carbonyl (C=O) groups is 1. The van der Waals surface area contributed by atoms with E-state index >= 15 is 0 Å². The van der Waals surface area contributed by atoms with Crippen molar-refractivity contribution in [1.29, 1.82) is 5.26 Å². The van der Waals surface area contributed by atoms with Gasteiger partial charge in [0.15, 0.2) is 11.5 Å². The van der Waals surface area contributed by atoms with Crippen LogP contribution in [0.25, 0.3) is 22.9 Å². The second kappa shape index (κ2) is 10.4. The maximum Gasteiger partial charge on any atom is 0.256 e. The molecule has 174 valence electrons. The van der Waals surface area contributed by atoms with Gasteiger partial charge in [-0.1, -0.05) is 58.8 Å². The highest BCUT2D eigenvalue weighted by molar-refractivity contribution is 7.17. The number of rotatable bonds is 6. The molecule has 6 nitrogen and oxygen atoms in total. The summed E-state index contributed by atoms with van der Waals surface area (Å²) in [5, 5.41) is 24.2. The van der Waals surface area contributed by atoms with Crippen LogP contribution < -0.4 is 10.1 Å². The average Bonchev–Trinajstić information content (AvgIpc) is 3.27. The number of allylic oxidation sites excluding steroid dienone is 1. The molecule has 0 bridgehead atoms. The molecule has 0 saturated heterocycles. The number of methoxy groups -OCH3 is 1. The number of ether oxygens (including phenoxy) is 1. The van der Waals surface area contributed by atoms with Crippen molar-refractivity contribution in [3.8, 4) is 28.8 Å². The molecular weight excluding hydrogens is 482 g/mol. The minimum absolute atomic E-state index is 0.00580. The van der Waals surface area contributed by atoms with Gasteiger partial charge in [-0.3, -0.25) is 4.79 Å². The number of thiazole rings is 1. The zero-order valence-electron chi connectivity index (χ0n) is 18.9. The first-order valence-electron chi connectivity index (χ1n) is 10.5. The molecule has 0 unspecified atom stereocenters. The molecular formula is C27H20ClN3O3S. The molecule has 8 heteroatoms. The van der Waals surface area contributed by atoms with E-state index in [0.717, 1.165) is 11.1 Å². The fraction of sp³-hybridized carbons (Fsp3) is 0.0741. The van der Waals surface area contributed by atoms with E-state index in [1.807, 2.05) is 31.2 Å². The van der Waals surface area contributed by atoms with Gasteiger partial charge in [-0.15, -0.1) is 0 Å². The van der Waals surface area contributed by atoms with Gasteiger partial charge < -0.3 is 15.2 Å². The third-order valence-electron chi connectivity index (χ3n) is 5.15. The summed E-state index contributed by atoms with van der Waals surface area (Å²) in [6, 6.07) is 21.3. The van der Waals surface area contributed by atoms with Crippen LogP contribution in [0.1, 0.15) is 26.5 Å². The van der Waals surface area contributed by atoms with Gasteiger partial charge in [0.25, 0.3) is 5.91 Å². The van der Waals surface area contributed by atoms with Crippen molar-refractivity contribution in [2.24, 2.45) is 0 Å². The summed E-state index contributed by atoms with van der Waals surface area (Å²) in [6.45, 7) is 1.99. The average molecular weight is 502 g/mol. The number of hydrogen-bond donors (Lipinski definition) is 2. The first-order chi connectivity index (χ1) is 16.9. The van der Waals surface area contributed by atoms with Crippen LogP contribution in [0.2, 0.25) is 5.02 Å². The van der Waals surface area contributed by atoms with E-state index in [-0.39, 0.29) is 11.7 Å². The minimum Gasteiger partial charge on any atom is -0.504 e. The van der Waals surface area contributed by atoms with E-state index in [0.29, 0.717) is 43.2 Å². The summed E-state index contributed by atoms with van der Waals surface area (Å²) in [5.41, 5.74) is 3.89. The quantitative estimate of drug-likeness (QED) is 0.283. The zero-order chi connectivity index (χ0) is 24.9. The number of nitrogens with zero attached hydrogens (tertiary/aromatic N) is 2. The molecule has 2 N–H and O–H groups in total. The number of hydrogen-bond acceptors (Lipinski definition) is 6. The van der Waals surface area contributed by atoms with Crippen molar-refractivity contribution >= 4 is 45.5 Å². The van der Waals surface area contributed by atoms with Gasteiger partial charge in [0, 0.05) is 16.1 Å². The summed E-state index contributed by atoms with van der Waals surface area (Å²) in [5.74, 6) is -0.00584. The number of nitrogens with one attached hydrogen (secondary N) is 1. The summed E-state index contributed by atoms with van der Waals surface area (Å²) >= 11 is 7.15. The van der Waals surface area contributed by atoms with Crippen molar-refractivity contribution < 1.29 is 14.6 Å². The zero-order valence-corrected chi connectivity index (χ0v) is 20.4. The predicted molar refractivity (Wildman–Crippen MR) is 140 cm³/mol. The molecule has 4 rings (SSSR count). The van der Waals surface area contributed by atoms with Gasteiger partial charge in [-0.2, -0.15) is 5.26 Å². The Kier molecular flexibility index (Phi) is 7.16. The van der Waals surface area contributed by atoms with Gasteiger partial charge >= 0.3 is 0 Å². The van der Waals surface area contributed by atoms with E-state index in [1.165, 1.54) is 24.5 Å². The predicted octanol–water partition coefficient (Wildman–Crippen LogP) is 6.80. The first kappa shape index (κ1) is 24.0. The highest BCUT2D eigenvalue weighted by atomic mass is 35.5. The van der Waals surface area contributed by atoms with Crippen LogP contribution in [0.5, 0.6) is 11.5 Å². The number of amides is 1. The van der Waals surface area contributed by atoms with Gasteiger partial charge in [0.05, 0.1) is 12.7 Å². The SMILES string of the molecule is COc1cc(C=C(C#N)c2nc(-c3ccc(C)cc3)c(NC(=O)c3ccc(Cl)cc3)s2)ccc1O. The maximum absolute atomic E-state index is 12.9. The minimum atomic E-state index is -0.309. The number of aryl methyl sites for hydroxylation is 1. The number of carbonyl (C=O) groups excluding carboxylic acids is 1. The van der Waals surface area contributed by atoms with Gasteiger partial charge in [0.2, 0.25) is 0 Å². The smallest absolute Gasteiger partial charge is 0.256 e. The number of aromatic hydroxyl groups is 1. The van der Waals surface area contributed by atoms with Crippen molar-refractivity contribution in [3.63, 3.8) is 0 Å². The molecule has 35 heavy (non-hydrogen) atoms. The number of halogens is 1. The Morgan fingerprint density at radius 3 is 2.51 bits per heavy atom. The molecule has 0 radical (unpaired) electrons. The van der Waals surface area contributed by atoms with Crippen LogP contribution in [0.4, 0.5) is 5.00 Å². The topological polar surface area (TPSA) is 95.2 Å². The molecule has 3 aromatic carbocycles. The fourth-order valence-electron chi connectivity index (χ4n) is 3.30. The lowest BCUT2D eigenvalue weighted by Gasteiger charge is -2.06. The first-order valence-corrected chi connectivity index (χ1v) is 11.7. The van der Waals surface area contributed by atoms with Crippen LogP contribution in [0.15, 0.2) is 66.7 Å². The van der Waals surface area contributed by atoms with E-state index in [4.69, 9.17) is 21.3 Å². The molecule has 0 aliphatic rings. The number of anilines is 1. The Balaban J connectivity index is 1.76. The Labute approximate surface area is 211 Å². The Morgan fingerprint density at radius 1 is 1.14 bits per heavy atom. The Hall–Kier alpha value is -4.12. The molecule has 0 saturated carbocycles. The van der Waals surface area contributed by atoms with Crippen LogP contribution in [-0.4, -0.2) is 23.1 Å².